The van der Waals surface area contributed by atoms with Gasteiger partial charge in [-0.2, -0.15) is 0 Å². The Balaban J connectivity index is 1.54. The fraction of sp³-hybridized carbons (Fsp3) is 0.846. The smallest absolute Gasteiger partial charge is 0.306 e. The lowest BCUT2D eigenvalue weighted by atomic mass is 9.45. The van der Waals surface area contributed by atoms with Crippen molar-refractivity contribution < 1.29 is 19.8 Å². The van der Waals surface area contributed by atoms with Crippen LogP contribution in [0.3, 0.4) is 0 Å². The van der Waals surface area contributed by atoms with Crippen molar-refractivity contribution >= 4 is 11.8 Å². The standard InChI is InChI=1S/C26H40O4/c1-15(5-6-16(2)24(29)30)20-9-10-21-19-8-7-17-13-18(27)11-12-25(17,3)23(19)22(28)14-26(20,21)4/h13,15-16,19-23,28H,5-12,14H2,1-4H3,(H,29,30)/t15-,16-,19?,20-,21?,22+,23?,25+,26-/m1/s1. The van der Waals surface area contributed by atoms with Crippen LogP contribution < -0.4 is 0 Å². The van der Waals surface area contributed by atoms with Gasteiger partial charge in [0, 0.05) is 6.42 Å². The monoisotopic (exact) mass is 416 g/mol. The van der Waals surface area contributed by atoms with E-state index in [9.17, 15) is 19.8 Å². The molecule has 0 bridgehead atoms. The van der Waals surface area contributed by atoms with Gasteiger partial charge >= 0.3 is 5.97 Å². The normalized spacial score (nSPS) is 45.0. The van der Waals surface area contributed by atoms with Gasteiger partial charge in [0.1, 0.15) is 0 Å². The number of carboxylic acids is 1. The van der Waals surface area contributed by atoms with Crippen molar-refractivity contribution in [3.63, 3.8) is 0 Å². The largest absolute Gasteiger partial charge is 0.481 e. The van der Waals surface area contributed by atoms with E-state index in [0.717, 1.165) is 38.5 Å². The highest BCUT2D eigenvalue weighted by molar-refractivity contribution is 5.91. The van der Waals surface area contributed by atoms with Crippen molar-refractivity contribution in [2.24, 2.45) is 46.3 Å². The first-order valence-electron chi connectivity index (χ1n) is 12.2. The van der Waals surface area contributed by atoms with E-state index in [1.165, 1.54) is 18.4 Å². The molecule has 4 nitrogen and oxygen atoms in total. The summed E-state index contributed by atoms with van der Waals surface area (Å²) >= 11 is 0. The number of carboxylic acid groups (broad SMARTS) is 1. The molecular formula is C26H40O4. The summed E-state index contributed by atoms with van der Waals surface area (Å²) in [6, 6.07) is 0. The Labute approximate surface area is 181 Å². The van der Waals surface area contributed by atoms with E-state index in [-0.39, 0.29) is 34.6 Å². The first-order chi connectivity index (χ1) is 14.1. The summed E-state index contributed by atoms with van der Waals surface area (Å²) in [5.74, 6) is 1.82. The van der Waals surface area contributed by atoms with Gasteiger partial charge in [0.2, 0.25) is 0 Å². The number of aliphatic hydroxyl groups excluding tert-OH is 1. The van der Waals surface area contributed by atoms with Crippen LogP contribution in [0.25, 0.3) is 0 Å². The van der Waals surface area contributed by atoms with E-state index in [0.29, 0.717) is 30.1 Å². The number of ketones is 1. The minimum atomic E-state index is -0.695. The molecule has 3 fully saturated rings. The minimum absolute atomic E-state index is 0.0157. The van der Waals surface area contributed by atoms with Gasteiger partial charge in [-0.1, -0.05) is 33.3 Å². The van der Waals surface area contributed by atoms with Gasteiger partial charge in [-0.3, -0.25) is 9.59 Å². The number of rotatable bonds is 5. The molecule has 0 spiro atoms. The zero-order valence-corrected chi connectivity index (χ0v) is 19.2. The summed E-state index contributed by atoms with van der Waals surface area (Å²) in [5, 5.41) is 20.7. The maximum Gasteiger partial charge on any atom is 0.306 e. The van der Waals surface area contributed by atoms with Gasteiger partial charge < -0.3 is 10.2 Å². The van der Waals surface area contributed by atoms with E-state index in [4.69, 9.17) is 0 Å². The molecule has 0 amide bonds. The average molecular weight is 417 g/mol. The van der Waals surface area contributed by atoms with Crippen molar-refractivity contribution in [2.45, 2.75) is 91.6 Å². The second kappa shape index (κ2) is 7.76. The highest BCUT2D eigenvalue weighted by Crippen LogP contribution is 2.67. The van der Waals surface area contributed by atoms with Gasteiger partial charge in [-0.15, -0.1) is 0 Å². The van der Waals surface area contributed by atoms with E-state index in [2.05, 4.69) is 20.8 Å². The van der Waals surface area contributed by atoms with Crippen molar-refractivity contribution in [1.82, 2.24) is 0 Å². The summed E-state index contributed by atoms with van der Waals surface area (Å²) < 4.78 is 0. The molecular weight excluding hydrogens is 376 g/mol. The summed E-state index contributed by atoms with van der Waals surface area (Å²) in [4.78, 5) is 23.3. The number of carbonyl (C=O) groups is 2. The first kappa shape index (κ1) is 22.0. The van der Waals surface area contributed by atoms with Crippen molar-refractivity contribution in [3.05, 3.63) is 11.6 Å². The van der Waals surface area contributed by atoms with E-state index >= 15 is 0 Å². The Morgan fingerprint density at radius 3 is 2.60 bits per heavy atom. The van der Waals surface area contributed by atoms with Crippen molar-refractivity contribution in [2.75, 3.05) is 0 Å². The highest BCUT2D eigenvalue weighted by Gasteiger charge is 2.62. The van der Waals surface area contributed by atoms with E-state index in [1.54, 1.807) is 0 Å². The molecule has 0 aromatic carbocycles. The highest BCUT2D eigenvalue weighted by atomic mass is 16.4. The topological polar surface area (TPSA) is 74.6 Å². The number of hydrogen-bond donors (Lipinski definition) is 2. The Morgan fingerprint density at radius 1 is 1.17 bits per heavy atom. The number of fused-ring (bicyclic) bond motifs is 5. The van der Waals surface area contributed by atoms with Gasteiger partial charge in [0.15, 0.2) is 5.78 Å². The maximum atomic E-state index is 12.0. The van der Waals surface area contributed by atoms with Crippen LogP contribution in [0.2, 0.25) is 0 Å². The zero-order chi connectivity index (χ0) is 21.8. The Bertz CT molecular complexity index is 741. The minimum Gasteiger partial charge on any atom is -0.481 e. The molecule has 9 atom stereocenters. The molecule has 4 rings (SSSR count). The van der Waals surface area contributed by atoms with Crippen LogP contribution in [0.4, 0.5) is 0 Å². The van der Waals surface area contributed by atoms with Gasteiger partial charge in [-0.25, -0.2) is 0 Å². The van der Waals surface area contributed by atoms with E-state index in [1.807, 2.05) is 13.0 Å². The van der Waals surface area contributed by atoms with Crippen LogP contribution >= 0.6 is 0 Å². The second-order valence-corrected chi connectivity index (χ2v) is 11.6. The molecule has 4 heteroatoms. The Kier molecular flexibility index (Phi) is 5.70. The zero-order valence-electron chi connectivity index (χ0n) is 19.2. The number of allylic oxidation sites excluding steroid dienone is 1. The fourth-order valence-corrected chi connectivity index (χ4v) is 8.50. The number of hydrogen-bond acceptors (Lipinski definition) is 3. The van der Waals surface area contributed by atoms with E-state index < -0.39 is 5.97 Å². The number of aliphatic hydroxyl groups is 1. The van der Waals surface area contributed by atoms with Gasteiger partial charge in [-0.05, 0) is 97.9 Å². The van der Waals surface area contributed by atoms with Gasteiger partial charge in [0.25, 0.3) is 0 Å². The predicted octanol–water partition coefficient (Wildman–Crippen LogP) is 5.24. The van der Waals surface area contributed by atoms with Gasteiger partial charge in [0.05, 0.1) is 12.0 Å². The van der Waals surface area contributed by atoms with Crippen LogP contribution in [-0.2, 0) is 9.59 Å². The maximum absolute atomic E-state index is 12.0. The third kappa shape index (κ3) is 3.38. The van der Waals surface area contributed by atoms with Crippen LogP contribution in [0.1, 0.15) is 85.5 Å². The van der Waals surface area contributed by atoms with Crippen LogP contribution in [0.5, 0.6) is 0 Å². The molecule has 0 aliphatic heterocycles. The van der Waals surface area contributed by atoms with Crippen molar-refractivity contribution in [3.8, 4) is 0 Å². The molecule has 0 heterocycles. The van der Waals surface area contributed by atoms with Crippen LogP contribution in [-0.4, -0.2) is 28.1 Å². The quantitative estimate of drug-likeness (QED) is 0.642. The fourth-order valence-electron chi connectivity index (χ4n) is 8.50. The molecule has 168 valence electrons. The molecule has 3 saturated carbocycles. The lowest BCUT2D eigenvalue weighted by Gasteiger charge is -2.60. The molecule has 0 aromatic heterocycles. The second-order valence-electron chi connectivity index (χ2n) is 11.6. The predicted molar refractivity (Wildman–Crippen MR) is 117 cm³/mol. The average Bonchev–Trinajstić information content (AvgIpc) is 3.02. The lowest BCUT2D eigenvalue weighted by molar-refractivity contribution is -0.142. The summed E-state index contributed by atoms with van der Waals surface area (Å²) in [5.41, 5.74) is 1.43. The molecule has 2 N–H and O–H groups in total. The van der Waals surface area contributed by atoms with Crippen LogP contribution in [0, 0.1) is 46.3 Å². The SMILES string of the molecule is C[C@H](CC[C@@H](C)[C@H]1CCC2C3CCC4=CC(=O)CC[C@]4(C)C3[C@@H](O)C[C@@]21C)C(=O)O. The summed E-state index contributed by atoms with van der Waals surface area (Å²) in [7, 11) is 0. The molecule has 30 heavy (non-hydrogen) atoms. The lowest BCUT2D eigenvalue weighted by Crippen LogP contribution is -2.56. The molecule has 0 aromatic rings. The third-order valence-electron chi connectivity index (χ3n) is 10.1. The molecule has 0 radical (unpaired) electrons. The number of aliphatic carboxylic acids is 1. The first-order valence-corrected chi connectivity index (χ1v) is 12.2. The molecule has 3 unspecified atom stereocenters. The Hall–Kier alpha value is -1.16. The Morgan fingerprint density at radius 2 is 1.90 bits per heavy atom. The molecule has 4 aliphatic rings. The summed E-state index contributed by atoms with van der Waals surface area (Å²) in [6.07, 6.45) is 10.2. The van der Waals surface area contributed by atoms with Crippen molar-refractivity contribution in [1.29, 1.82) is 0 Å². The van der Waals surface area contributed by atoms with Crippen LogP contribution in [0.15, 0.2) is 11.6 Å². The third-order valence-corrected chi connectivity index (χ3v) is 10.1. The molecule has 4 aliphatic carbocycles. The molecule has 0 saturated heterocycles. The summed E-state index contributed by atoms with van der Waals surface area (Å²) in [6.45, 7) is 8.85. The number of carbonyl (C=O) groups excluding carboxylic acids is 1.